The minimum atomic E-state index is -0.369. The van der Waals surface area contributed by atoms with Gasteiger partial charge in [0.2, 0.25) is 5.91 Å². The topological polar surface area (TPSA) is 67.4 Å². The minimum absolute atomic E-state index is 0.0903. The van der Waals surface area contributed by atoms with E-state index in [9.17, 15) is 9.59 Å². The van der Waals surface area contributed by atoms with Gasteiger partial charge < -0.3 is 15.4 Å². The van der Waals surface area contributed by atoms with Crippen molar-refractivity contribution in [1.82, 2.24) is 5.32 Å². The first-order valence-electron chi connectivity index (χ1n) is 8.10. The molecular weight excluding hydrogens is 340 g/mol. The number of anilines is 1. The number of amides is 1. The second-order valence-corrected chi connectivity index (χ2v) is 5.84. The Morgan fingerprint density at radius 2 is 1.72 bits per heavy atom. The Morgan fingerprint density at radius 3 is 2.36 bits per heavy atom. The van der Waals surface area contributed by atoms with Crippen LogP contribution in [-0.2, 0) is 16.1 Å². The summed E-state index contributed by atoms with van der Waals surface area (Å²) in [6.45, 7) is 3.34. The lowest BCUT2D eigenvalue weighted by molar-refractivity contribution is -0.116. The van der Waals surface area contributed by atoms with Crippen LogP contribution in [0.1, 0.15) is 29.3 Å². The number of esters is 1. The molecular formula is C19H21ClN2O3. The lowest BCUT2D eigenvalue weighted by Crippen LogP contribution is -2.21. The number of benzene rings is 2. The predicted molar refractivity (Wildman–Crippen MR) is 98.8 cm³/mol. The van der Waals surface area contributed by atoms with Crippen LogP contribution >= 0.6 is 11.6 Å². The van der Waals surface area contributed by atoms with Gasteiger partial charge in [0.05, 0.1) is 12.2 Å². The van der Waals surface area contributed by atoms with E-state index in [1.165, 1.54) is 0 Å². The smallest absolute Gasteiger partial charge is 0.338 e. The number of rotatable bonds is 8. The molecule has 5 nitrogen and oxygen atoms in total. The van der Waals surface area contributed by atoms with Gasteiger partial charge in [-0.25, -0.2) is 4.79 Å². The fraction of sp³-hybridized carbons (Fsp3) is 0.263. The summed E-state index contributed by atoms with van der Waals surface area (Å²) in [7, 11) is 0. The molecule has 0 unspecified atom stereocenters. The van der Waals surface area contributed by atoms with Crippen molar-refractivity contribution in [1.29, 1.82) is 0 Å². The Bertz CT molecular complexity index is 700. The van der Waals surface area contributed by atoms with Crippen LogP contribution in [0.4, 0.5) is 5.69 Å². The molecule has 0 heterocycles. The molecule has 2 rings (SSSR count). The van der Waals surface area contributed by atoms with Crippen molar-refractivity contribution >= 4 is 29.2 Å². The summed E-state index contributed by atoms with van der Waals surface area (Å²) in [5, 5.41) is 6.71. The van der Waals surface area contributed by atoms with Gasteiger partial charge >= 0.3 is 5.97 Å². The van der Waals surface area contributed by atoms with Crippen molar-refractivity contribution in [2.45, 2.75) is 19.9 Å². The highest BCUT2D eigenvalue weighted by atomic mass is 35.5. The van der Waals surface area contributed by atoms with Crippen LogP contribution in [0.3, 0.4) is 0 Å². The molecule has 0 aliphatic rings. The Morgan fingerprint density at radius 1 is 1.04 bits per heavy atom. The van der Waals surface area contributed by atoms with E-state index < -0.39 is 0 Å². The lowest BCUT2D eigenvalue weighted by Gasteiger charge is -2.08. The van der Waals surface area contributed by atoms with Crippen molar-refractivity contribution in [3.8, 4) is 0 Å². The average Bonchev–Trinajstić information content (AvgIpc) is 2.61. The summed E-state index contributed by atoms with van der Waals surface area (Å²) in [6, 6.07) is 14.2. The van der Waals surface area contributed by atoms with E-state index >= 15 is 0 Å². The average molecular weight is 361 g/mol. The fourth-order valence-electron chi connectivity index (χ4n) is 2.16. The molecule has 0 bridgehead atoms. The summed E-state index contributed by atoms with van der Waals surface area (Å²) in [6.07, 6.45) is 0.354. The molecule has 2 aromatic rings. The number of hydrogen-bond acceptors (Lipinski definition) is 4. The zero-order chi connectivity index (χ0) is 18.1. The highest BCUT2D eigenvalue weighted by Crippen LogP contribution is 2.11. The molecule has 0 saturated carbocycles. The molecule has 0 atom stereocenters. The molecule has 6 heteroatoms. The molecule has 0 spiro atoms. The van der Waals surface area contributed by atoms with Gasteiger partial charge in [-0.3, -0.25) is 4.79 Å². The maximum absolute atomic E-state index is 11.9. The number of nitrogens with one attached hydrogen (secondary N) is 2. The standard InChI is InChI=1S/C19H21ClN2O3/c1-2-25-19(24)15-5-9-17(10-6-15)22-18(23)11-12-21-13-14-3-7-16(20)8-4-14/h3-10,21H,2,11-13H2,1H3,(H,22,23). The molecule has 132 valence electrons. The van der Waals surface area contributed by atoms with Crippen molar-refractivity contribution in [3.63, 3.8) is 0 Å². The second-order valence-electron chi connectivity index (χ2n) is 5.40. The van der Waals surface area contributed by atoms with Crippen LogP contribution in [0.15, 0.2) is 48.5 Å². The quantitative estimate of drug-likeness (QED) is 0.557. The molecule has 25 heavy (non-hydrogen) atoms. The van der Waals surface area contributed by atoms with Crippen molar-refractivity contribution in [2.75, 3.05) is 18.5 Å². The van der Waals surface area contributed by atoms with Gasteiger partial charge in [-0.1, -0.05) is 23.7 Å². The van der Waals surface area contributed by atoms with Gasteiger partial charge in [-0.2, -0.15) is 0 Å². The summed E-state index contributed by atoms with van der Waals surface area (Å²) >= 11 is 5.84. The van der Waals surface area contributed by atoms with E-state index in [0.717, 1.165) is 5.56 Å². The zero-order valence-corrected chi connectivity index (χ0v) is 14.8. The van der Waals surface area contributed by atoms with Crippen molar-refractivity contribution in [2.24, 2.45) is 0 Å². The van der Waals surface area contributed by atoms with Gasteiger partial charge in [0.15, 0.2) is 0 Å². The number of ether oxygens (including phenoxy) is 1. The first-order chi connectivity index (χ1) is 12.1. The minimum Gasteiger partial charge on any atom is -0.462 e. The molecule has 0 saturated heterocycles. The Kier molecular flexibility index (Phi) is 7.44. The van der Waals surface area contributed by atoms with Crippen LogP contribution in [0.25, 0.3) is 0 Å². The molecule has 0 radical (unpaired) electrons. The first kappa shape index (κ1) is 19.0. The molecule has 0 aliphatic carbocycles. The van der Waals surface area contributed by atoms with E-state index in [-0.39, 0.29) is 11.9 Å². The second kappa shape index (κ2) is 9.81. The lowest BCUT2D eigenvalue weighted by atomic mass is 10.2. The van der Waals surface area contributed by atoms with Gasteiger partial charge in [0.25, 0.3) is 0 Å². The maximum Gasteiger partial charge on any atom is 0.338 e. The van der Waals surface area contributed by atoms with Crippen LogP contribution in [0.2, 0.25) is 5.02 Å². The van der Waals surface area contributed by atoms with Gasteiger partial charge in [0.1, 0.15) is 0 Å². The summed E-state index contributed by atoms with van der Waals surface area (Å²) in [4.78, 5) is 23.5. The Labute approximate surface area is 152 Å². The number of carbonyl (C=O) groups excluding carboxylic acids is 2. The molecule has 0 fully saturated rings. The molecule has 0 aromatic heterocycles. The number of carbonyl (C=O) groups is 2. The van der Waals surface area contributed by atoms with E-state index in [4.69, 9.17) is 16.3 Å². The van der Waals surface area contributed by atoms with E-state index in [1.807, 2.05) is 24.3 Å². The summed E-state index contributed by atoms with van der Waals surface area (Å²) < 4.78 is 4.92. The number of halogens is 1. The summed E-state index contributed by atoms with van der Waals surface area (Å²) in [5.74, 6) is -0.459. The van der Waals surface area contributed by atoms with E-state index in [0.29, 0.717) is 42.4 Å². The normalized spacial score (nSPS) is 10.3. The van der Waals surface area contributed by atoms with Crippen molar-refractivity contribution < 1.29 is 14.3 Å². The highest BCUT2D eigenvalue weighted by molar-refractivity contribution is 6.30. The highest BCUT2D eigenvalue weighted by Gasteiger charge is 2.07. The molecule has 0 aliphatic heterocycles. The third-order valence-electron chi connectivity index (χ3n) is 3.45. The maximum atomic E-state index is 11.9. The van der Waals surface area contributed by atoms with Crippen LogP contribution < -0.4 is 10.6 Å². The van der Waals surface area contributed by atoms with E-state index in [1.54, 1.807) is 31.2 Å². The van der Waals surface area contributed by atoms with Gasteiger partial charge in [-0.05, 0) is 48.9 Å². The molecule has 1 amide bonds. The summed E-state index contributed by atoms with van der Waals surface area (Å²) in [5.41, 5.74) is 2.22. The first-order valence-corrected chi connectivity index (χ1v) is 8.48. The van der Waals surface area contributed by atoms with Crippen LogP contribution in [0, 0.1) is 0 Å². The van der Waals surface area contributed by atoms with E-state index in [2.05, 4.69) is 10.6 Å². The zero-order valence-electron chi connectivity index (χ0n) is 14.0. The van der Waals surface area contributed by atoms with Crippen LogP contribution in [-0.4, -0.2) is 25.0 Å². The Balaban J connectivity index is 1.71. The fourth-order valence-corrected chi connectivity index (χ4v) is 2.29. The third kappa shape index (κ3) is 6.57. The van der Waals surface area contributed by atoms with Gasteiger partial charge in [-0.15, -0.1) is 0 Å². The SMILES string of the molecule is CCOC(=O)c1ccc(NC(=O)CCNCc2ccc(Cl)cc2)cc1. The van der Waals surface area contributed by atoms with Crippen LogP contribution in [0.5, 0.6) is 0 Å². The predicted octanol–water partition coefficient (Wildman–Crippen LogP) is 3.64. The van der Waals surface area contributed by atoms with Crippen molar-refractivity contribution in [3.05, 3.63) is 64.7 Å². The molecule has 2 N–H and O–H groups in total. The third-order valence-corrected chi connectivity index (χ3v) is 3.70. The largest absolute Gasteiger partial charge is 0.462 e. The molecule has 2 aromatic carbocycles. The number of hydrogen-bond donors (Lipinski definition) is 2. The Hall–Kier alpha value is -2.37. The van der Waals surface area contributed by atoms with Gasteiger partial charge in [0, 0.05) is 30.2 Å². The monoisotopic (exact) mass is 360 g/mol.